The first-order valence-electron chi connectivity index (χ1n) is 4.69. The van der Waals surface area contributed by atoms with Gasteiger partial charge in [-0.1, -0.05) is 6.07 Å². The summed E-state index contributed by atoms with van der Waals surface area (Å²) in [7, 11) is 0. The number of nitrogens with zero attached hydrogens (tertiary/aromatic N) is 1. The predicted octanol–water partition coefficient (Wildman–Crippen LogP) is 2.59. The molecular formula is C11H11ClN2O. The van der Waals surface area contributed by atoms with Crippen LogP contribution in [0.5, 0.6) is 5.75 Å². The number of aromatic nitrogens is 1. The van der Waals surface area contributed by atoms with Crippen molar-refractivity contribution in [2.45, 2.75) is 0 Å². The first-order chi connectivity index (χ1) is 7.31. The van der Waals surface area contributed by atoms with E-state index in [4.69, 9.17) is 11.6 Å². The number of alkyl halides is 1. The van der Waals surface area contributed by atoms with E-state index in [1.54, 1.807) is 18.3 Å². The number of anilines is 1. The number of hydrogen-bond acceptors (Lipinski definition) is 3. The van der Waals surface area contributed by atoms with Crippen LogP contribution in [0.2, 0.25) is 0 Å². The summed E-state index contributed by atoms with van der Waals surface area (Å²) in [5, 5.41) is 14.5. The third kappa shape index (κ3) is 2.13. The minimum absolute atomic E-state index is 0.240. The van der Waals surface area contributed by atoms with Crippen LogP contribution < -0.4 is 5.32 Å². The molecule has 0 aliphatic rings. The smallest absolute Gasteiger partial charge is 0.133 e. The number of halogens is 1. The Morgan fingerprint density at radius 3 is 3.00 bits per heavy atom. The van der Waals surface area contributed by atoms with Crippen LogP contribution in [0.3, 0.4) is 0 Å². The Kier molecular flexibility index (Phi) is 2.92. The number of fused-ring (bicyclic) bond motifs is 1. The third-order valence-corrected chi connectivity index (χ3v) is 2.33. The van der Waals surface area contributed by atoms with E-state index in [0.29, 0.717) is 12.4 Å². The number of phenolic OH excluding ortho intramolecular Hbond substituents is 1. The summed E-state index contributed by atoms with van der Waals surface area (Å²) in [5.41, 5.74) is 0. The fourth-order valence-electron chi connectivity index (χ4n) is 1.46. The van der Waals surface area contributed by atoms with Gasteiger partial charge in [0, 0.05) is 24.0 Å². The van der Waals surface area contributed by atoms with Crippen molar-refractivity contribution >= 4 is 28.2 Å². The molecule has 0 bridgehead atoms. The Bertz CT molecular complexity index is 473. The molecule has 78 valence electrons. The normalized spacial score (nSPS) is 10.5. The number of benzene rings is 1. The summed E-state index contributed by atoms with van der Waals surface area (Å²) in [6, 6.07) is 7.12. The fraction of sp³-hybridized carbons (Fsp3) is 0.182. The average molecular weight is 223 g/mol. The van der Waals surface area contributed by atoms with Crippen LogP contribution >= 0.6 is 11.6 Å². The van der Waals surface area contributed by atoms with Crippen LogP contribution in [-0.2, 0) is 0 Å². The van der Waals surface area contributed by atoms with Crippen LogP contribution in [0.4, 0.5) is 5.82 Å². The van der Waals surface area contributed by atoms with Gasteiger partial charge in [0.15, 0.2) is 0 Å². The summed E-state index contributed by atoms with van der Waals surface area (Å²) in [5.74, 6) is 1.52. The number of pyridine rings is 1. The maximum atomic E-state index is 9.40. The molecule has 3 nitrogen and oxygen atoms in total. The maximum absolute atomic E-state index is 9.40. The molecule has 1 aromatic heterocycles. The highest BCUT2D eigenvalue weighted by atomic mass is 35.5. The van der Waals surface area contributed by atoms with E-state index in [2.05, 4.69) is 10.3 Å². The molecule has 0 amide bonds. The number of nitrogens with one attached hydrogen (secondary N) is 1. The lowest BCUT2D eigenvalue weighted by Gasteiger charge is -2.07. The van der Waals surface area contributed by atoms with Gasteiger partial charge in [-0.25, -0.2) is 4.98 Å². The summed E-state index contributed by atoms with van der Waals surface area (Å²) in [6.07, 6.45) is 1.73. The van der Waals surface area contributed by atoms with Crippen molar-refractivity contribution in [1.29, 1.82) is 0 Å². The van der Waals surface area contributed by atoms with E-state index >= 15 is 0 Å². The zero-order chi connectivity index (χ0) is 10.7. The molecule has 0 saturated carbocycles. The van der Waals surface area contributed by atoms with Crippen molar-refractivity contribution in [2.75, 3.05) is 17.7 Å². The van der Waals surface area contributed by atoms with Crippen LogP contribution in [0.25, 0.3) is 10.8 Å². The van der Waals surface area contributed by atoms with Gasteiger partial charge in [-0.3, -0.25) is 0 Å². The van der Waals surface area contributed by atoms with E-state index < -0.39 is 0 Å². The van der Waals surface area contributed by atoms with Crippen LogP contribution in [-0.4, -0.2) is 22.5 Å². The predicted molar refractivity (Wildman–Crippen MR) is 62.6 cm³/mol. The number of rotatable bonds is 3. The van der Waals surface area contributed by atoms with Crippen molar-refractivity contribution in [2.24, 2.45) is 0 Å². The summed E-state index contributed by atoms with van der Waals surface area (Å²) < 4.78 is 0. The zero-order valence-corrected chi connectivity index (χ0v) is 8.83. The molecule has 4 heteroatoms. The molecule has 0 aliphatic carbocycles. The molecule has 0 atom stereocenters. The highest BCUT2D eigenvalue weighted by Crippen LogP contribution is 2.24. The van der Waals surface area contributed by atoms with Gasteiger partial charge in [-0.05, 0) is 23.6 Å². The van der Waals surface area contributed by atoms with E-state index in [-0.39, 0.29) is 5.75 Å². The minimum atomic E-state index is 0.240. The molecule has 0 saturated heterocycles. The minimum Gasteiger partial charge on any atom is -0.508 e. The van der Waals surface area contributed by atoms with Crippen molar-refractivity contribution < 1.29 is 5.11 Å². The second kappa shape index (κ2) is 4.36. The Labute approximate surface area is 92.7 Å². The molecule has 15 heavy (non-hydrogen) atoms. The van der Waals surface area contributed by atoms with Crippen LogP contribution in [0, 0.1) is 0 Å². The Hall–Kier alpha value is -1.48. The zero-order valence-electron chi connectivity index (χ0n) is 8.07. The molecule has 0 spiro atoms. The van der Waals surface area contributed by atoms with Crippen molar-refractivity contribution in [1.82, 2.24) is 4.98 Å². The molecular weight excluding hydrogens is 212 g/mol. The number of hydrogen-bond donors (Lipinski definition) is 2. The lowest BCUT2D eigenvalue weighted by Crippen LogP contribution is -2.04. The van der Waals surface area contributed by atoms with Gasteiger partial charge in [0.1, 0.15) is 11.6 Å². The monoisotopic (exact) mass is 222 g/mol. The van der Waals surface area contributed by atoms with Crippen molar-refractivity contribution in [3.05, 3.63) is 30.5 Å². The average Bonchev–Trinajstić information content (AvgIpc) is 2.26. The summed E-state index contributed by atoms with van der Waals surface area (Å²) in [4.78, 5) is 4.20. The van der Waals surface area contributed by atoms with Gasteiger partial charge in [-0.15, -0.1) is 11.6 Å². The second-order valence-electron chi connectivity index (χ2n) is 3.18. The lowest BCUT2D eigenvalue weighted by molar-refractivity contribution is 0.476. The molecule has 0 radical (unpaired) electrons. The topological polar surface area (TPSA) is 45.2 Å². The van der Waals surface area contributed by atoms with E-state index in [0.717, 1.165) is 16.6 Å². The largest absolute Gasteiger partial charge is 0.508 e. The first kappa shape index (κ1) is 10.1. The molecule has 1 aromatic carbocycles. The molecule has 0 fully saturated rings. The van der Waals surface area contributed by atoms with Gasteiger partial charge >= 0.3 is 0 Å². The fourth-order valence-corrected chi connectivity index (χ4v) is 1.56. The van der Waals surface area contributed by atoms with Crippen LogP contribution in [0.15, 0.2) is 30.5 Å². The molecule has 1 heterocycles. The quantitative estimate of drug-likeness (QED) is 0.785. The standard InChI is InChI=1S/C11H11ClN2O/c12-4-6-14-11-10-7-9(15)2-1-8(10)3-5-13-11/h1-3,5,7,15H,4,6H2,(H,13,14). The van der Waals surface area contributed by atoms with E-state index in [1.807, 2.05) is 12.1 Å². The van der Waals surface area contributed by atoms with E-state index in [9.17, 15) is 5.11 Å². The molecule has 0 aliphatic heterocycles. The first-order valence-corrected chi connectivity index (χ1v) is 5.22. The highest BCUT2D eigenvalue weighted by molar-refractivity contribution is 6.18. The van der Waals surface area contributed by atoms with Gasteiger partial charge in [-0.2, -0.15) is 0 Å². The van der Waals surface area contributed by atoms with Crippen molar-refractivity contribution in [3.8, 4) is 5.75 Å². The molecule has 2 aromatic rings. The summed E-state index contributed by atoms with van der Waals surface area (Å²) >= 11 is 5.59. The molecule has 2 N–H and O–H groups in total. The second-order valence-corrected chi connectivity index (χ2v) is 3.56. The molecule has 2 rings (SSSR count). The van der Waals surface area contributed by atoms with E-state index in [1.165, 1.54) is 0 Å². The van der Waals surface area contributed by atoms with Gasteiger partial charge in [0.05, 0.1) is 0 Å². The SMILES string of the molecule is Oc1ccc2ccnc(NCCCl)c2c1. The Morgan fingerprint density at radius 1 is 1.33 bits per heavy atom. The Balaban J connectivity index is 2.48. The third-order valence-electron chi connectivity index (χ3n) is 2.14. The van der Waals surface area contributed by atoms with Gasteiger partial charge < -0.3 is 10.4 Å². The van der Waals surface area contributed by atoms with Gasteiger partial charge in [0.25, 0.3) is 0 Å². The van der Waals surface area contributed by atoms with Crippen LogP contribution in [0.1, 0.15) is 0 Å². The Morgan fingerprint density at radius 2 is 2.20 bits per heavy atom. The maximum Gasteiger partial charge on any atom is 0.133 e. The van der Waals surface area contributed by atoms with Crippen molar-refractivity contribution in [3.63, 3.8) is 0 Å². The highest BCUT2D eigenvalue weighted by Gasteiger charge is 2.02. The summed E-state index contributed by atoms with van der Waals surface area (Å²) in [6.45, 7) is 0.656. The molecule has 0 unspecified atom stereocenters. The van der Waals surface area contributed by atoms with Gasteiger partial charge in [0.2, 0.25) is 0 Å². The number of phenols is 1. The number of aromatic hydroxyl groups is 1. The lowest BCUT2D eigenvalue weighted by atomic mass is 10.1.